The number of ether oxygens (including phenoxy) is 1. The van der Waals surface area contributed by atoms with Crippen LogP contribution in [0.25, 0.3) is 0 Å². The minimum atomic E-state index is -4.07. The summed E-state index contributed by atoms with van der Waals surface area (Å²) in [5.74, 6) is -2.39. The zero-order chi connectivity index (χ0) is 24.2. The van der Waals surface area contributed by atoms with Crippen molar-refractivity contribution in [1.82, 2.24) is 4.31 Å². The van der Waals surface area contributed by atoms with Crippen LogP contribution in [0.4, 0.5) is 10.1 Å². The van der Waals surface area contributed by atoms with Gasteiger partial charge in [-0.05, 0) is 48.1 Å². The van der Waals surface area contributed by atoms with Gasteiger partial charge in [0.15, 0.2) is 6.61 Å². The van der Waals surface area contributed by atoms with Crippen LogP contribution in [0.5, 0.6) is 0 Å². The molecule has 0 unspecified atom stereocenters. The third-order valence-corrected chi connectivity index (χ3v) is 7.36. The van der Waals surface area contributed by atoms with Crippen molar-refractivity contribution in [3.8, 4) is 0 Å². The maximum absolute atomic E-state index is 14.4. The Morgan fingerprint density at radius 2 is 1.73 bits per heavy atom. The highest BCUT2D eigenvalue weighted by molar-refractivity contribution is 7.89. The number of piperidine rings is 1. The van der Waals surface area contributed by atoms with Gasteiger partial charge in [0.25, 0.3) is 5.91 Å². The summed E-state index contributed by atoms with van der Waals surface area (Å²) in [7, 11) is -4.07. The van der Waals surface area contributed by atoms with Crippen molar-refractivity contribution < 1.29 is 27.1 Å². The Kier molecular flexibility index (Phi) is 7.54. The van der Waals surface area contributed by atoms with Gasteiger partial charge in [-0.25, -0.2) is 17.6 Å². The number of amides is 1. The highest BCUT2D eigenvalue weighted by Gasteiger charge is 2.29. The molecule has 2 aromatic rings. The van der Waals surface area contributed by atoms with Crippen LogP contribution in [0.1, 0.15) is 56.0 Å². The number of nitrogens with one attached hydrogen (secondary N) is 1. The lowest BCUT2D eigenvalue weighted by molar-refractivity contribution is -0.119. The van der Waals surface area contributed by atoms with Gasteiger partial charge in [0.05, 0.1) is 5.56 Å². The van der Waals surface area contributed by atoms with Gasteiger partial charge < -0.3 is 10.1 Å². The van der Waals surface area contributed by atoms with E-state index in [0.29, 0.717) is 31.6 Å². The number of carbonyl (C=O) groups excluding carboxylic acids is 2. The van der Waals surface area contributed by atoms with Crippen molar-refractivity contribution in [2.24, 2.45) is 0 Å². The predicted molar refractivity (Wildman–Crippen MR) is 123 cm³/mol. The van der Waals surface area contributed by atoms with Gasteiger partial charge in [-0.2, -0.15) is 4.31 Å². The van der Waals surface area contributed by atoms with E-state index in [4.69, 9.17) is 4.74 Å². The van der Waals surface area contributed by atoms with Crippen LogP contribution < -0.4 is 5.32 Å². The van der Waals surface area contributed by atoms with E-state index in [1.807, 2.05) is 32.9 Å². The van der Waals surface area contributed by atoms with Gasteiger partial charge >= 0.3 is 5.97 Å². The van der Waals surface area contributed by atoms with Gasteiger partial charge in [0.2, 0.25) is 10.0 Å². The number of carbonyl (C=O) groups is 2. The van der Waals surface area contributed by atoms with E-state index in [1.54, 1.807) is 12.1 Å². The SMILES string of the molecule is CC(C)(C)c1ccccc1NC(=O)COC(=O)c1ccc(F)c(S(=O)(=O)N2CCCCC2)c1. The number of sulfonamides is 1. The lowest BCUT2D eigenvalue weighted by atomic mass is 9.86. The highest BCUT2D eigenvalue weighted by Crippen LogP contribution is 2.29. The number of nitrogens with zero attached hydrogens (tertiary/aromatic N) is 1. The standard InChI is InChI=1S/C24H29FN2O5S/c1-24(2,3)18-9-5-6-10-20(18)26-22(28)16-32-23(29)17-11-12-19(25)21(15-17)33(30,31)27-13-7-4-8-14-27/h5-6,9-12,15H,4,7-8,13-14,16H2,1-3H3,(H,26,28). The number of benzene rings is 2. The molecule has 0 aromatic heterocycles. The van der Waals surface area contributed by atoms with Crippen LogP contribution in [0, 0.1) is 5.82 Å². The summed E-state index contributed by atoms with van der Waals surface area (Å²) in [6, 6.07) is 10.4. The summed E-state index contributed by atoms with van der Waals surface area (Å²) in [5.41, 5.74) is 1.19. The zero-order valence-electron chi connectivity index (χ0n) is 19.1. The fraction of sp³-hybridized carbons (Fsp3) is 0.417. The Hall–Kier alpha value is -2.78. The first-order valence-electron chi connectivity index (χ1n) is 10.9. The Bertz CT molecular complexity index is 1140. The first kappa shape index (κ1) is 24.9. The quantitative estimate of drug-likeness (QED) is 0.634. The number of rotatable bonds is 6. The molecule has 0 saturated carbocycles. The molecule has 2 aromatic carbocycles. The highest BCUT2D eigenvalue weighted by atomic mass is 32.2. The normalized spacial score (nSPS) is 15.2. The molecule has 1 heterocycles. The Labute approximate surface area is 194 Å². The lowest BCUT2D eigenvalue weighted by Gasteiger charge is -2.26. The van der Waals surface area contributed by atoms with Crippen LogP contribution in [-0.2, 0) is 25.0 Å². The molecule has 9 heteroatoms. The van der Waals surface area contributed by atoms with Gasteiger partial charge in [0, 0.05) is 18.8 Å². The molecule has 1 N–H and O–H groups in total. The number of hydrogen-bond acceptors (Lipinski definition) is 5. The summed E-state index contributed by atoms with van der Waals surface area (Å²) >= 11 is 0. The largest absolute Gasteiger partial charge is 0.452 e. The number of para-hydroxylation sites is 1. The van der Waals surface area contributed by atoms with Crippen LogP contribution >= 0.6 is 0 Å². The molecule has 3 rings (SSSR count). The molecule has 1 saturated heterocycles. The van der Waals surface area contributed by atoms with Crippen molar-refractivity contribution in [2.45, 2.75) is 50.3 Å². The second-order valence-electron chi connectivity index (χ2n) is 9.03. The van der Waals surface area contributed by atoms with E-state index >= 15 is 0 Å². The molecule has 0 bridgehead atoms. The van der Waals surface area contributed by atoms with Gasteiger partial charge in [-0.1, -0.05) is 45.4 Å². The maximum Gasteiger partial charge on any atom is 0.338 e. The summed E-state index contributed by atoms with van der Waals surface area (Å²) in [4.78, 5) is 24.3. The van der Waals surface area contributed by atoms with Gasteiger partial charge in [-0.3, -0.25) is 4.79 Å². The van der Waals surface area contributed by atoms with E-state index in [0.717, 1.165) is 30.2 Å². The zero-order valence-corrected chi connectivity index (χ0v) is 19.9. The smallest absolute Gasteiger partial charge is 0.338 e. The molecular formula is C24H29FN2O5S. The molecule has 0 radical (unpaired) electrons. The molecule has 1 aliphatic heterocycles. The molecular weight excluding hydrogens is 447 g/mol. The molecule has 1 fully saturated rings. The summed E-state index contributed by atoms with van der Waals surface area (Å²) in [5, 5.41) is 2.73. The Morgan fingerprint density at radius 1 is 1.06 bits per heavy atom. The number of esters is 1. The topological polar surface area (TPSA) is 92.8 Å². The van der Waals surface area contributed by atoms with Crippen molar-refractivity contribution in [3.63, 3.8) is 0 Å². The fourth-order valence-corrected chi connectivity index (χ4v) is 5.33. The summed E-state index contributed by atoms with van der Waals surface area (Å²) in [6.07, 6.45) is 2.33. The molecule has 0 spiro atoms. The van der Waals surface area contributed by atoms with E-state index < -0.39 is 39.2 Å². The van der Waals surface area contributed by atoms with Crippen LogP contribution in [0.3, 0.4) is 0 Å². The minimum Gasteiger partial charge on any atom is -0.452 e. The molecule has 0 atom stereocenters. The van der Waals surface area contributed by atoms with E-state index in [2.05, 4.69) is 5.32 Å². The van der Waals surface area contributed by atoms with Gasteiger partial charge in [-0.15, -0.1) is 0 Å². The molecule has 33 heavy (non-hydrogen) atoms. The molecule has 1 amide bonds. The number of halogens is 1. The van der Waals surface area contributed by atoms with Crippen molar-refractivity contribution in [2.75, 3.05) is 25.0 Å². The fourth-order valence-electron chi connectivity index (χ4n) is 3.72. The van der Waals surface area contributed by atoms with Gasteiger partial charge in [0.1, 0.15) is 10.7 Å². The van der Waals surface area contributed by atoms with Crippen LogP contribution in [0.15, 0.2) is 47.4 Å². The van der Waals surface area contributed by atoms with Crippen molar-refractivity contribution in [3.05, 3.63) is 59.4 Å². The Morgan fingerprint density at radius 3 is 2.39 bits per heavy atom. The second-order valence-corrected chi connectivity index (χ2v) is 10.9. The molecule has 1 aliphatic rings. The third kappa shape index (κ3) is 5.97. The molecule has 0 aliphatic carbocycles. The van der Waals surface area contributed by atoms with Crippen LogP contribution in [0.2, 0.25) is 0 Å². The molecule has 7 nitrogen and oxygen atoms in total. The first-order chi connectivity index (χ1) is 15.5. The minimum absolute atomic E-state index is 0.144. The monoisotopic (exact) mass is 476 g/mol. The maximum atomic E-state index is 14.4. The average Bonchev–Trinajstić information content (AvgIpc) is 2.78. The third-order valence-electron chi connectivity index (χ3n) is 5.44. The van der Waals surface area contributed by atoms with E-state index in [1.165, 1.54) is 4.31 Å². The second kappa shape index (κ2) is 10.0. The Balaban J connectivity index is 1.69. The predicted octanol–water partition coefficient (Wildman–Crippen LogP) is 4.09. The molecule has 178 valence electrons. The van der Waals surface area contributed by atoms with Crippen molar-refractivity contribution >= 4 is 27.6 Å². The number of anilines is 1. The van der Waals surface area contributed by atoms with E-state index in [9.17, 15) is 22.4 Å². The average molecular weight is 477 g/mol. The van der Waals surface area contributed by atoms with E-state index in [-0.39, 0.29) is 11.0 Å². The van der Waals surface area contributed by atoms with Crippen molar-refractivity contribution in [1.29, 1.82) is 0 Å². The summed E-state index contributed by atoms with van der Waals surface area (Å²) < 4.78 is 46.3. The van der Waals surface area contributed by atoms with Crippen LogP contribution in [-0.4, -0.2) is 44.3 Å². The summed E-state index contributed by atoms with van der Waals surface area (Å²) in [6.45, 7) is 6.11. The first-order valence-corrected chi connectivity index (χ1v) is 12.3. The lowest BCUT2D eigenvalue weighted by Crippen LogP contribution is -2.36. The number of hydrogen-bond donors (Lipinski definition) is 1.